The van der Waals surface area contributed by atoms with Crippen LogP contribution in [0.5, 0.6) is 23.0 Å². The van der Waals surface area contributed by atoms with E-state index in [0.29, 0.717) is 34.1 Å². The van der Waals surface area contributed by atoms with Gasteiger partial charge in [-0.15, -0.1) is 0 Å². The second kappa shape index (κ2) is 13.5. The molecule has 0 aliphatic carbocycles. The van der Waals surface area contributed by atoms with Crippen molar-refractivity contribution in [3.63, 3.8) is 0 Å². The molecule has 0 unspecified atom stereocenters. The van der Waals surface area contributed by atoms with E-state index in [1.165, 1.54) is 33.0 Å². The van der Waals surface area contributed by atoms with Gasteiger partial charge in [0.1, 0.15) is 5.75 Å². The molecule has 36 heavy (non-hydrogen) atoms. The highest BCUT2D eigenvalue weighted by molar-refractivity contribution is 7.97. The Labute approximate surface area is 215 Å². The number of nitrogens with one attached hydrogen (secondary N) is 1. The Morgan fingerprint density at radius 3 is 2.19 bits per heavy atom. The third-order valence-electron chi connectivity index (χ3n) is 5.45. The van der Waals surface area contributed by atoms with Gasteiger partial charge in [-0.05, 0) is 47.0 Å². The lowest BCUT2D eigenvalue weighted by Gasteiger charge is -2.14. The van der Waals surface area contributed by atoms with Crippen LogP contribution in [0.15, 0.2) is 60.7 Å². The predicted molar refractivity (Wildman–Crippen MR) is 142 cm³/mol. The summed E-state index contributed by atoms with van der Waals surface area (Å²) in [7, 11) is 4.61. The number of thioether (sulfide) groups is 1. The molecule has 0 spiro atoms. The molecule has 0 saturated heterocycles. The molecule has 0 aromatic heterocycles. The number of rotatable bonds is 12. The Hall–Kier alpha value is -3.62. The highest BCUT2D eigenvalue weighted by Crippen LogP contribution is 2.38. The SMILES string of the molecule is COc1cc(CNC(=O)/C=C/c2cc(CO)c(O)c(CSCc3ccccc3)c2)cc(OC)c1OC. The Bertz CT molecular complexity index is 1170. The van der Waals surface area contributed by atoms with E-state index < -0.39 is 0 Å². The Morgan fingerprint density at radius 1 is 0.917 bits per heavy atom. The Balaban J connectivity index is 1.66. The van der Waals surface area contributed by atoms with Crippen molar-refractivity contribution < 1.29 is 29.2 Å². The zero-order valence-electron chi connectivity index (χ0n) is 20.6. The molecule has 8 heteroatoms. The normalized spacial score (nSPS) is 10.9. The maximum Gasteiger partial charge on any atom is 0.244 e. The summed E-state index contributed by atoms with van der Waals surface area (Å²) >= 11 is 1.67. The van der Waals surface area contributed by atoms with Gasteiger partial charge < -0.3 is 29.7 Å². The second-order valence-corrected chi connectivity index (χ2v) is 8.89. The first-order valence-electron chi connectivity index (χ1n) is 11.3. The van der Waals surface area contributed by atoms with Gasteiger partial charge >= 0.3 is 0 Å². The van der Waals surface area contributed by atoms with Crippen molar-refractivity contribution in [3.05, 3.63) is 88.5 Å². The molecule has 3 aromatic carbocycles. The van der Waals surface area contributed by atoms with Gasteiger partial charge in [-0.3, -0.25) is 4.79 Å². The first-order valence-corrected chi connectivity index (χ1v) is 12.5. The van der Waals surface area contributed by atoms with Crippen molar-refractivity contribution in [2.75, 3.05) is 21.3 Å². The van der Waals surface area contributed by atoms with Crippen molar-refractivity contribution in [1.29, 1.82) is 0 Å². The van der Waals surface area contributed by atoms with E-state index in [1.54, 1.807) is 36.0 Å². The number of aliphatic hydroxyl groups excluding tert-OH is 1. The molecule has 0 radical (unpaired) electrons. The molecule has 0 heterocycles. The second-order valence-electron chi connectivity index (χ2n) is 7.91. The molecule has 3 N–H and O–H groups in total. The van der Waals surface area contributed by atoms with E-state index in [1.807, 2.05) is 24.3 Å². The lowest BCUT2D eigenvalue weighted by atomic mass is 10.0. The van der Waals surface area contributed by atoms with Crippen LogP contribution in [0, 0.1) is 0 Å². The molecule has 0 aliphatic heterocycles. The van der Waals surface area contributed by atoms with Crippen LogP contribution in [0.3, 0.4) is 0 Å². The fraction of sp³-hybridized carbons (Fsp3) is 0.250. The average Bonchev–Trinajstić information content (AvgIpc) is 2.91. The summed E-state index contributed by atoms with van der Waals surface area (Å²) in [6.07, 6.45) is 3.08. The van der Waals surface area contributed by atoms with Gasteiger partial charge in [0.15, 0.2) is 11.5 Å². The van der Waals surface area contributed by atoms with Crippen LogP contribution in [0.4, 0.5) is 0 Å². The number of amides is 1. The lowest BCUT2D eigenvalue weighted by Crippen LogP contribution is -2.20. The number of aliphatic hydroxyl groups is 1. The van der Waals surface area contributed by atoms with E-state index in [2.05, 4.69) is 17.4 Å². The fourth-order valence-electron chi connectivity index (χ4n) is 3.62. The number of hydrogen-bond donors (Lipinski definition) is 3. The highest BCUT2D eigenvalue weighted by atomic mass is 32.2. The van der Waals surface area contributed by atoms with Crippen LogP contribution < -0.4 is 19.5 Å². The van der Waals surface area contributed by atoms with E-state index in [0.717, 1.165) is 16.9 Å². The molecule has 7 nitrogen and oxygen atoms in total. The summed E-state index contributed by atoms with van der Waals surface area (Å²) in [5.74, 6) is 2.68. The summed E-state index contributed by atoms with van der Waals surface area (Å²) < 4.78 is 16.0. The topological polar surface area (TPSA) is 97.3 Å². The zero-order valence-corrected chi connectivity index (χ0v) is 21.4. The maximum atomic E-state index is 12.5. The van der Waals surface area contributed by atoms with E-state index in [-0.39, 0.29) is 24.8 Å². The van der Waals surface area contributed by atoms with E-state index in [9.17, 15) is 15.0 Å². The minimum atomic E-state index is -0.294. The van der Waals surface area contributed by atoms with Crippen molar-refractivity contribution in [2.24, 2.45) is 0 Å². The molecule has 0 bridgehead atoms. The number of phenols is 1. The highest BCUT2D eigenvalue weighted by Gasteiger charge is 2.13. The van der Waals surface area contributed by atoms with Crippen LogP contribution in [-0.4, -0.2) is 37.4 Å². The number of ether oxygens (including phenoxy) is 3. The van der Waals surface area contributed by atoms with Crippen molar-refractivity contribution >= 4 is 23.7 Å². The Kier molecular flexibility index (Phi) is 10.1. The third-order valence-corrected chi connectivity index (χ3v) is 6.50. The average molecular weight is 510 g/mol. The fourth-order valence-corrected chi connectivity index (χ4v) is 4.59. The molecule has 0 fully saturated rings. The molecule has 1 amide bonds. The lowest BCUT2D eigenvalue weighted by molar-refractivity contribution is -0.116. The molecular formula is C28H31NO6S. The Morgan fingerprint density at radius 2 is 1.58 bits per heavy atom. The number of carbonyl (C=O) groups excluding carboxylic acids is 1. The van der Waals surface area contributed by atoms with Crippen molar-refractivity contribution in [3.8, 4) is 23.0 Å². The van der Waals surface area contributed by atoms with Gasteiger partial charge in [-0.1, -0.05) is 30.3 Å². The molecule has 0 aliphatic rings. The molecule has 3 rings (SSSR count). The summed E-state index contributed by atoms with van der Waals surface area (Å²) in [5.41, 5.74) is 3.83. The molecular weight excluding hydrogens is 478 g/mol. The molecule has 3 aromatic rings. The number of hydrogen-bond acceptors (Lipinski definition) is 7. The quantitative estimate of drug-likeness (QED) is 0.305. The smallest absolute Gasteiger partial charge is 0.244 e. The number of methoxy groups -OCH3 is 3. The molecule has 0 saturated carbocycles. The summed E-state index contributed by atoms with van der Waals surface area (Å²) in [6.45, 7) is -0.0318. The van der Waals surface area contributed by atoms with Gasteiger partial charge in [0, 0.05) is 35.3 Å². The zero-order chi connectivity index (χ0) is 25.9. The minimum absolute atomic E-state index is 0.0852. The van der Waals surface area contributed by atoms with Gasteiger partial charge in [0.05, 0.1) is 27.9 Å². The van der Waals surface area contributed by atoms with Gasteiger partial charge in [0.25, 0.3) is 0 Å². The van der Waals surface area contributed by atoms with Crippen molar-refractivity contribution in [2.45, 2.75) is 24.7 Å². The van der Waals surface area contributed by atoms with Gasteiger partial charge in [-0.2, -0.15) is 11.8 Å². The predicted octanol–water partition coefficient (Wildman–Crippen LogP) is 4.67. The number of aromatic hydroxyl groups is 1. The summed E-state index contributed by atoms with van der Waals surface area (Å²) in [4.78, 5) is 12.5. The van der Waals surface area contributed by atoms with Crippen LogP contribution in [0.2, 0.25) is 0 Å². The largest absolute Gasteiger partial charge is 0.507 e. The van der Waals surface area contributed by atoms with Crippen LogP contribution in [-0.2, 0) is 29.5 Å². The summed E-state index contributed by atoms with van der Waals surface area (Å²) in [6, 6.07) is 17.1. The monoisotopic (exact) mass is 509 g/mol. The van der Waals surface area contributed by atoms with E-state index in [4.69, 9.17) is 14.2 Å². The van der Waals surface area contributed by atoms with E-state index >= 15 is 0 Å². The standard InChI is InChI=1S/C28H31NO6S/c1-33-24-13-21(14-25(34-2)28(24)35-3)15-29-26(31)10-9-20-11-22(16-30)27(32)23(12-20)18-36-17-19-7-5-4-6-8-19/h4-14,30,32H,15-18H2,1-3H3,(H,29,31)/b10-9+. The first kappa shape index (κ1) is 27.0. The number of carbonyl (C=O) groups is 1. The molecule has 0 atom stereocenters. The van der Waals surface area contributed by atoms with Gasteiger partial charge in [0.2, 0.25) is 11.7 Å². The van der Waals surface area contributed by atoms with Crippen LogP contribution in [0.25, 0.3) is 6.08 Å². The maximum absolute atomic E-state index is 12.5. The third kappa shape index (κ3) is 7.19. The summed E-state index contributed by atoms with van der Waals surface area (Å²) in [5, 5.41) is 23.0. The minimum Gasteiger partial charge on any atom is -0.507 e. The molecule has 190 valence electrons. The van der Waals surface area contributed by atoms with Crippen molar-refractivity contribution in [1.82, 2.24) is 5.32 Å². The van der Waals surface area contributed by atoms with Crippen LogP contribution >= 0.6 is 11.8 Å². The van der Waals surface area contributed by atoms with Gasteiger partial charge in [-0.25, -0.2) is 0 Å². The van der Waals surface area contributed by atoms with Crippen LogP contribution in [0.1, 0.15) is 27.8 Å². The first-order chi connectivity index (χ1) is 17.5. The number of benzene rings is 3.